The van der Waals surface area contributed by atoms with E-state index >= 15 is 0 Å². The van der Waals surface area contributed by atoms with Gasteiger partial charge in [0.15, 0.2) is 0 Å². The number of carbonyl (C=O) groups is 1. The molecule has 1 aromatic heterocycles. The Kier molecular flexibility index (Phi) is 4.78. The van der Waals surface area contributed by atoms with Crippen LogP contribution in [-0.2, 0) is 11.3 Å². The van der Waals surface area contributed by atoms with E-state index in [0.29, 0.717) is 17.9 Å². The number of ether oxygens (including phenoxy) is 1. The number of imidazole rings is 1. The zero-order valence-electron chi connectivity index (χ0n) is 14.5. The molecule has 0 bridgehead atoms. The van der Waals surface area contributed by atoms with E-state index in [9.17, 15) is 15.0 Å². The Morgan fingerprint density at radius 1 is 1.32 bits per heavy atom. The third-order valence-electron chi connectivity index (χ3n) is 4.63. The fourth-order valence-corrected chi connectivity index (χ4v) is 3.23. The molecular formula is C18H23N3O4. The van der Waals surface area contributed by atoms with Gasteiger partial charge in [-0.1, -0.05) is 0 Å². The van der Waals surface area contributed by atoms with Crippen molar-refractivity contribution in [2.45, 2.75) is 25.9 Å². The molecule has 0 aliphatic carbocycles. The molecule has 134 valence electrons. The second-order valence-corrected chi connectivity index (χ2v) is 6.83. The van der Waals surface area contributed by atoms with Crippen LogP contribution < -0.4 is 0 Å². The Hall–Kier alpha value is -2.38. The molecule has 0 amide bonds. The van der Waals surface area contributed by atoms with Crippen molar-refractivity contribution < 1.29 is 19.7 Å². The Labute approximate surface area is 146 Å². The number of carboxylic acid groups (broad SMARTS) is 1. The Morgan fingerprint density at radius 2 is 2.04 bits per heavy atom. The summed E-state index contributed by atoms with van der Waals surface area (Å²) in [5.74, 6) is -0.724. The molecule has 0 radical (unpaired) electrons. The van der Waals surface area contributed by atoms with E-state index < -0.39 is 5.97 Å². The number of hydrogen-bond acceptors (Lipinski definition) is 5. The third kappa shape index (κ3) is 3.67. The molecule has 7 heteroatoms. The molecule has 1 aromatic carbocycles. The van der Waals surface area contributed by atoms with Crippen molar-refractivity contribution in [1.29, 1.82) is 0 Å². The summed E-state index contributed by atoms with van der Waals surface area (Å²) in [7, 11) is 0. The maximum Gasteiger partial charge on any atom is 0.339 e. The first-order chi connectivity index (χ1) is 11.9. The monoisotopic (exact) mass is 345 g/mol. The van der Waals surface area contributed by atoms with Gasteiger partial charge in [0, 0.05) is 43.1 Å². The van der Waals surface area contributed by atoms with Crippen molar-refractivity contribution in [2.75, 3.05) is 26.3 Å². The SMILES string of the molecule is CC(C)(Cn1ccnc1-c1ccc(O)c(C(=O)O)c1)N1CCOCC1. The Bertz CT molecular complexity index is 763. The van der Waals surface area contributed by atoms with E-state index in [2.05, 4.69) is 23.7 Å². The van der Waals surface area contributed by atoms with Crippen molar-refractivity contribution in [2.24, 2.45) is 0 Å². The van der Waals surface area contributed by atoms with E-state index in [1.54, 1.807) is 12.3 Å². The van der Waals surface area contributed by atoms with Crippen molar-refractivity contribution >= 4 is 5.97 Å². The number of morpholine rings is 1. The van der Waals surface area contributed by atoms with Gasteiger partial charge in [0.05, 0.1) is 13.2 Å². The normalized spacial score (nSPS) is 16.1. The summed E-state index contributed by atoms with van der Waals surface area (Å²) in [6, 6.07) is 4.53. The number of nitrogens with zero attached hydrogens (tertiary/aromatic N) is 3. The average Bonchev–Trinajstić information content (AvgIpc) is 3.03. The van der Waals surface area contributed by atoms with Crippen LogP contribution >= 0.6 is 0 Å². The second-order valence-electron chi connectivity index (χ2n) is 6.83. The molecule has 1 saturated heterocycles. The molecule has 25 heavy (non-hydrogen) atoms. The topological polar surface area (TPSA) is 87.8 Å². The predicted octanol–water partition coefficient (Wildman–Crippen LogP) is 2.06. The van der Waals surface area contributed by atoms with Gasteiger partial charge in [-0.15, -0.1) is 0 Å². The van der Waals surface area contributed by atoms with Gasteiger partial charge in [-0.2, -0.15) is 0 Å². The number of benzene rings is 1. The highest BCUT2D eigenvalue weighted by molar-refractivity contribution is 5.92. The van der Waals surface area contributed by atoms with Crippen molar-refractivity contribution in [3.8, 4) is 17.1 Å². The molecule has 0 saturated carbocycles. The number of aromatic carboxylic acids is 1. The summed E-state index contributed by atoms with van der Waals surface area (Å²) in [6.45, 7) is 8.33. The highest BCUT2D eigenvalue weighted by Crippen LogP contribution is 2.27. The van der Waals surface area contributed by atoms with Crippen LogP contribution in [0.3, 0.4) is 0 Å². The molecule has 1 fully saturated rings. The van der Waals surface area contributed by atoms with Crippen LogP contribution in [0.2, 0.25) is 0 Å². The lowest BCUT2D eigenvalue weighted by Crippen LogP contribution is -2.52. The largest absolute Gasteiger partial charge is 0.507 e. The van der Waals surface area contributed by atoms with Gasteiger partial charge in [0.1, 0.15) is 17.1 Å². The maximum atomic E-state index is 11.3. The average molecular weight is 345 g/mol. The van der Waals surface area contributed by atoms with Gasteiger partial charge in [-0.05, 0) is 32.0 Å². The van der Waals surface area contributed by atoms with Crippen LogP contribution in [0.15, 0.2) is 30.6 Å². The Morgan fingerprint density at radius 3 is 2.72 bits per heavy atom. The van der Waals surface area contributed by atoms with E-state index in [1.807, 2.05) is 10.8 Å². The first kappa shape index (κ1) is 17.4. The number of hydrogen-bond donors (Lipinski definition) is 2. The molecule has 7 nitrogen and oxygen atoms in total. The quantitative estimate of drug-likeness (QED) is 0.862. The Balaban J connectivity index is 1.88. The number of phenols is 1. The molecular weight excluding hydrogens is 322 g/mol. The lowest BCUT2D eigenvalue weighted by molar-refractivity contribution is -0.0155. The molecule has 2 aromatic rings. The molecule has 3 rings (SSSR count). The molecule has 0 spiro atoms. The van der Waals surface area contributed by atoms with Gasteiger partial charge in [-0.25, -0.2) is 9.78 Å². The standard InChI is InChI=1S/C18H23N3O4/c1-18(2,21-7-9-25-10-8-21)12-20-6-5-19-16(20)13-3-4-15(22)14(11-13)17(23)24/h3-6,11,22H,7-10,12H2,1-2H3,(H,23,24). The highest BCUT2D eigenvalue weighted by Gasteiger charge is 2.29. The van der Waals surface area contributed by atoms with Crippen molar-refractivity contribution in [3.05, 3.63) is 36.2 Å². The first-order valence-corrected chi connectivity index (χ1v) is 8.29. The highest BCUT2D eigenvalue weighted by atomic mass is 16.5. The maximum absolute atomic E-state index is 11.3. The summed E-state index contributed by atoms with van der Waals surface area (Å²) in [5.41, 5.74) is 0.448. The predicted molar refractivity (Wildman–Crippen MR) is 92.8 cm³/mol. The minimum absolute atomic E-state index is 0.0915. The van der Waals surface area contributed by atoms with Crippen LogP contribution in [0.1, 0.15) is 24.2 Å². The minimum Gasteiger partial charge on any atom is -0.507 e. The zero-order valence-corrected chi connectivity index (χ0v) is 14.5. The van der Waals surface area contributed by atoms with E-state index in [0.717, 1.165) is 26.3 Å². The van der Waals surface area contributed by atoms with E-state index in [4.69, 9.17) is 4.74 Å². The molecule has 0 atom stereocenters. The molecule has 1 aliphatic heterocycles. The summed E-state index contributed by atoms with van der Waals surface area (Å²) in [6.07, 6.45) is 3.60. The lowest BCUT2D eigenvalue weighted by Gasteiger charge is -2.41. The van der Waals surface area contributed by atoms with E-state index in [-0.39, 0.29) is 16.9 Å². The summed E-state index contributed by atoms with van der Waals surface area (Å²) >= 11 is 0. The second kappa shape index (κ2) is 6.85. The van der Waals surface area contributed by atoms with Crippen molar-refractivity contribution in [3.63, 3.8) is 0 Å². The smallest absolute Gasteiger partial charge is 0.339 e. The molecule has 2 N–H and O–H groups in total. The number of aromatic nitrogens is 2. The minimum atomic E-state index is -1.16. The van der Waals surface area contributed by atoms with Gasteiger partial charge < -0.3 is 19.5 Å². The number of carboxylic acids is 1. The lowest BCUT2D eigenvalue weighted by atomic mass is 10.0. The molecule has 2 heterocycles. The van der Waals surface area contributed by atoms with Gasteiger partial charge in [0.2, 0.25) is 0 Å². The van der Waals surface area contributed by atoms with Crippen LogP contribution in [0.5, 0.6) is 5.75 Å². The summed E-state index contributed by atoms with van der Waals surface area (Å²) in [4.78, 5) is 18.0. The summed E-state index contributed by atoms with van der Waals surface area (Å²) < 4.78 is 7.45. The molecule has 1 aliphatic rings. The van der Waals surface area contributed by atoms with Crippen LogP contribution in [-0.4, -0.2) is 62.5 Å². The summed E-state index contributed by atoms with van der Waals surface area (Å²) in [5, 5.41) is 18.9. The number of aromatic hydroxyl groups is 1. The fourth-order valence-electron chi connectivity index (χ4n) is 3.23. The number of rotatable bonds is 5. The van der Waals surface area contributed by atoms with Gasteiger partial charge in [-0.3, -0.25) is 4.90 Å². The zero-order chi connectivity index (χ0) is 18.0. The van der Waals surface area contributed by atoms with Crippen LogP contribution in [0.4, 0.5) is 0 Å². The molecule has 0 unspecified atom stereocenters. The fraction of sp³-hybridized carbons (Fsp3) is 0.444. The van der Waals surface area contributed by atoms with Crippen LogP contribution in [0.25, 0.3) is 11.4 Å². The van der Waals surface area contributed by atoms with Crippen molar-refractivity contribution in [1.82, 2.24) is 14.5 Å². The van der Waals surface area contributed by atoms with Gasteiger partial charge >= 0.3 is 5.97 Å². The van der Waals surface area contributed by atoms with Gasteiger partial charge in [0.25, 0.3) is 0 Å². The first-order valence-electron chi connectivity index (χ1n) is 8.29. The van der Waals surface area contributed by atoms with E-state index in [1.165, 1.54) is 12.1 Å². The third-order valence-corrected chi connectivity index (χ3v) is 4.63. The van der Waals surface area contributed by atoms with Crippen LogP contribution in [0, 0.1) is 0 Å².